The molecule has 8 heteroatoms. The first-order chi connectivity index (χ1) is 11.7. The Hall–Kier alpha value is -2.06. The topological polar surface area (TPSA) is 64.3 Å². The number of nitrogens with zero attached hydrogens (tertiary/aromatic N) is 4. The van der Waals surface area contributed by atoms with E-state index in [-0.39, 0.29) is 5.82 Å². The molecule has 1 aliphatic rings. The highest BCUT2D eigenvalue weighted by Gasteiger charge is 2.26. The molecule has 4 rings (SSSR count). The molecule has 0 amide bonds. The number of halogens is 1. The van der Waals surface area contributed by atoms with Crippen LogP contribution in [0.5, 0.6) is 0 Å². The molecule has 1 saturated heterocycles. The maximum Gasteiger partial charge on any atom is 0.208 e. The summed E-state index contributed by atoms with van der Waals surface area (Å²) in [7, 11) is 1.65. The molecule has 0 bridgehead atoms. The van der Waals surface area contributed by atoms with Crippen LogP contribution in [0.4, 0.5) is 9.52 Å². The van der Waals surface area contributed by atoms with E-state index in [1.54, 1.807) is 24.5 Å². The Bertz CT molecular complexity index is 842. The summed E-state index contributed by atoms with van der Waals surface area (Å²) < 4.78 is 23.6. The molecule has 0 saturated carbocycles. The third kappa shape index (κ3) is 2.87. The van der Waals surface area contributed by atoms with E-state index in [4.69, 9.17) is 9.26 Å². The molecule has 24 heavy (non-hydrogen) atoms. The van der Waals surface area contributed by atoms with E-state index in [1.165, 1.54) is 12.1 Å². The van der Waals surface area contributed by atoms with Gasteiger partial charge in [-0.1, -0.05) is 16.5 Å². The molecule has 1 aliphatic heterocycles. The lowest BCUT2D eigenvalue weighted by atomic mass is 9.92. The molecule has 0 N–H and O–H groups in total. The Morgan fingerprint density at radius 3 is 2.96 bits per heavy atom. The number of piperidine rings is 1. The van der Waals surface area contributed by atoms with Gasteiger partial charge < -0.3 is 14.2 Å². The van der Waals surface area contributed by atoms with Gasteiger partial charge in [-0.15, -0.1) is 10.2 Å². The van der Waals surface area contributed by atoms with Gasteiger partial charge in [0, 0.05) is 37.6 Å². The summed E-state index contributed by atoms with van der Waals surface area (Å²) >= 11 is 1.57. The minimum atomic E-state index is -0.303. The van der Waals surface area contributed by atoms with E-state index in [0.717, 1.165) is 47.2 Å². The normalized spacial score (nSPS) is 16.2. The van der Waals surface area contributed by atoms with Crippen molar-refractivity contribution in [3.05, 3.63) is 34.7 Å². The van der Waals surface area contributed by atoms with Crippen LogP contribution in [0.1, 0.15) is 29.5 Å². The fourth-order valence-electron chi connectivity index (χ4n) is 3.12. The third-order valence-corrected chi connectivity index (χ3v) is 5.30. The van der Waals surface area contributed by atoms with Crippen molar-refractivity contribution in [1.82, 2.24) is 15.4 Å². The van der Waals surface area contributed by atoms with Gasteiger partial charge in [0.05, 0.1) is 5.69 Å². The molecule has 0 spiro atoms. The maximum atomic E-state index is 13.3. The van der Waals surface area contributed by atoms with Gasteiger partial charge in [0.1, 0.15) is 17.4 Å². The third-order valence-electron chi connectivity index (χ3n) is 4.34. The second-order valence-electron chi connectivity index (χ2n) is 5.88. The second-order valence-corrected chi connectivity index (χ2v) is 6.92. The Morgan fingerprint density at radius 2 is 2.17 bits per heavy atom. The SMILES string of the molecule is COCc1nnc(N2CCC(c3noc4cc(F)ccc34)CC2)s1. The molecule has 126 valence electrons. The van der Waals surface area contributed by atoms with Gasteiger partial charge >= 0.3 is 0 Å². The Morgan fingerprint density at radius 1 is 1.33 bits per heavy atom. The summed E-state index contributed by atoms with van der Waals surface area (Å²) in [5.41, 5.74) is 1.45. The molecule has 2 aromatic heterocycles. The van der Waals surface area contributed by atoms with Crippen molar-refractivity contribution in [3.63, 3.8) is 0 Å². The van der Waals surface area contributed by atoms with Crippen molar-refractivity contribution in [2.75, 3.05) is 25.1 Å². The zero-order valence-corrected chi connectivity index (χ0v) is 14.1. The van der Waals surface area contributed by atoms with Crippen LogP contribution in [-0.2, 0) is 11.3 Å². The Balaban J connectivity index is 1.47. The molecule has 0 aliphatic carbocycles. The highest BCUT2D eigenvalue weighted by Crippen LogP contribution is 2.34. The van der Waals surface area contributed by atoms with E-state index in [2.05, 4.69) is 20.3 Å². The van der Waals surface area contributed by atoms with Crippen LogP contribution < -0.4 is 4.90 Å². The summed E-state index contributed by atoms with van der Waals surface area (Å²) in [4.78, 5) is 2.25. The van der Waals surface area contributed by atoms with Gasteiger partial charge in [-0.3, -0.25) is 0 Å². The summed E-state index contributed by atoms with van der Waals surface area (Å²) in [6, 6.07) is 4.60. The summed E-state index contributed by atoms with van der Waals surface area (Å²) in [5.74, 6) is 0.0162. The van der Waals surface area contributed by atoms with E-state index >= 15 is 0 Å². The Kier molecular flexibility index (Phi) is 4.15. The van der Waals surface area contributed by atoms with Crippen molar-refractivity contribution >= 4 is 27.4 Å². The minimum absolute atomic E-state index is 0.303. The van der Waals surface area contributed by atoms with Crippen LogP contribution in [0.15, 0.2) is 22.7 Å². The first-order valence-corrected chi connectivity index (χ1v) is 8.67. The number of hydrogen-bond acceptors (Lipinski definition) is 7. The highest BCUT2D eigenvalue weighted by molar-refractivity contribution is 7.15. The lowest BCUT2D eigenvalue weighted by molar-refractivity contribution is 0.184. The fourth-order valence-corrected chi connectivity index (χ4v) is 3.99. The standard InChI is InChI=1S/C16H17FN4O2S/c1-22-9-14-18-19-16(24-14)21-6-4-10(5-7-21)15-12-3-2-11(17)8-13(12)23-20-15/h2-3,8,10H,4-7,9H2,1H3. The smallest absolute Gasteiger partial charge is 0.208 e. The van der Waals surface area contributed by atoms with Crippen molar-refractivity contribution in [3.8, 4) is 0 Å². The van der Waals surface area contributed by atoms with Crippen LogP contribution in [0.2, 0.25) is 0 Å². The van der Waals surface area contributed by atoms with Gasteiger partial charge in [-0.05, 0) is 25.0 Å². The van der Waals surface area contributed by atoms with E-state index in [1.807, 2.05) is 0 Å². The van der Waals surface area contributed by atoms with Gasteiger partial charge in [0.2, 0.25) is 5.13 Å². The van der Waals surface area contributed by atoms with Crippen LogP contribution in [0, 0.1) is 5.82 Å². The molecule has 0 unspecified atom stereocenters. The first-order valence-electron chi connectivity index (χ1n) is 7.85. The van der Waals surface area contributed by atoms with E-state index in [0.29, 0.717) is 18.1 Å². The minimum Gasteiger partial charge on any atom is -0.377 e. The predicted molar refractivity (Wildman–Crippen MR) is 88.8 cm³/mol. The second kappa shape index (κ2) is 6.45. The number of anilines is 1. The van der Waals surface area contributed by atoms with Crippen molar-refractivity contribution < 1.29 is 13.7 Å². The molecule has 3 aromatic rings. The molecule has 0 radical (unpaired) electrons. The van der Waals surface area contributed by atoms with Crippen molar-refractivity contribution in [2.45, 2.75) is 25.4 Å². The monoisotopic (exact) mass is 348 g/mol. The van der Waals surface area contributed by atoms with E-state index < -0.39 is 0 Å². The maximum absolute atomic E-state index is 13.3. The first kappa shape index (κ1) is 15.5. The van der Waals surface area contributed by atoms with Gasteiger partial charge in [0.15, 0.2) is 5.58 Å². The summed E-state index contributed by atoms with van der Waals surface area (Å²) in [6.45, 7) is 2.28. The van der Waals surface area contributed by atoms with Crippen LogP contribution >= 0.6 is 11.3 Å². The fraction of sp³-hybridized carbons (Fsp3) is 0.438. The number of hydrogen-bond donors (Lipinski definition) is 0. The highest BCUT2D eigenvalue weighted by atomic mass is 32.1. The average molecular weight is 348 g/mol. The molecular formula is C16H17FN4O2S. The number of fused-ring (bicyclic) bond motifs is 1. The average Bonchev–Trinajstić information content (AvgIpc) is 3.22. The van der Waals surface area contributed by atoms with Crippen LogP contribution in [-0.4, -0.2) is 35.6 Å². The quantitative estimate of drug-likeness (QED) is 0.720. The number of benzene rings is 1. The lowest BCUT2D eigenvalue weighted by Crippen LogP contribution is -2.32. The van der Waals surface area contributed by atoms with Crippen LogP contribution in [0.3, 0.4) is 0 Å². The molecular weight excluding hydrogens is 331 g/mol. The van der Waals surface area contributed by atoms with Crippen LogP contribution in [0.25, 0.3) is 11.0 Å². The molecule has 3 heterocycles. The van der Waals surface area contributed by atoms with Gasteiger partial charge in [-0.2, -0.15) is 0 Å². The number of aromatic nitrogens is 3. The van der Waals surface area contributed by atoms with E-state index in [9.17, 15) is 4.39 Å². The van der Waals surface area contributed by atoms with Gasteiger partial charge in [-0.25, -0.2) is 4.39 Å². The van der Waals surface area contributed by atoms with Crippen molar-refractivity contribution in [2.24, 2.45) is 0 Å². The lowest BCUT2D eigenvalue weighted by Gasteiger charge is -2.30. The van der Waals surface area contributed by atoms with Crippen molar-refractivity contribution in [1.29, 1.82) is 0 Å². The Labute approximate surface area is 142 Å². The molecule has 1 fully saturated rings. The largest absolute Gasteiger partial charge is 0.377 e. The zero-order chi connectivity index (χ0) is 16.5. The molecule has 6 nitrogen and oxygen atoms in total. The number of ether oxygens (including phenoxy) is 1. The van der Waals surface area contributed by atoms with Gasteiger partial charge in [0.25, 0.3) is 0 Å². The predicted octanol–water partition coefficient (Wildman–Crippen LogP) is 3.35. The molecule has 1 aromatic carbocycles. The summed E-state index contributed by atoms with van der Waals surface area (Å²) in [5, 5.41) is 15.3. The number of methoxy groups -OCH3 is 1. The molecule has 0 atom stereocenters. The summed E-state index contributed by atoms with van der Waals surface area (Å²) in [6.07, 6.45) is 1.91. The zero-order valence-electron chi connectivity index (χ0n) is 13.2. The number of rotatable bonds is 4.